The number of hydrogen-bond donors (Lipinski definition) is 0. The Hall–Kier alpha value is -6.78. The molecule has 12 rings (SSSR count). The van der Waals surface area contributed by atoms with E-state index in [1.165, 1.54) is 61.9 Å². The van der Waals surface area contributed by atoms with Crippen LogP contribution in [0.4, 0.5) is 0 Å². The zero-order chi connectivity index (χ0) is 35.5. The molecule has 250 valence electrons. The third kappa shape index (κ3) is 3.97. The average molecular weight is 723 g/mol. The number of nitriles is 1. The van der Waals surface area contributed by atoms with Crippen LogP contribution in [-0.2, 0) is 0 Å². The first-order valence-corrected chi connectivity index (χ1v) is 19.6. The highest BCUT2D eigenvalue weighted by Crippen LogP contribution is 2.48. The normalized spacial score (nSPS) is 12.1. The number of nitrogens with zero attached hydrogens (tertiary/aromatic N) is 4. The van der Waals surface area contributed by atoms with Crippen molar-refractivity contribution in [2.45, 2.75) is 0 Å². The Kier molecular flexibility index (Phi) is 6.12. The molecule has 0 saturated carbocycles. The van der Waals surface area contributed by atoms with Crippen LogP contribution in [0.1, 0.15) is 5.56 Å². The molecule has 0 saturated heterocycles. The van der Waals surface area contributed by atoms with Gasteiger partial charge >= 0.3 is 0 Å². The predicted octanol–water partition coefficient (Wildman–Crippen LogP) is 13.6. The fourth-order valence-corrected chi connectivity index (χ4v) is 11.1. The van der Waals surface area contributed by atoms with Gasteiger partial charge in [0.25, 0.3) is 0 Å². The molecule has 5 aromatic heterocycles. The molecule has 5 heterocycles. The lowest BCUT2D eigenvalue weighted by atomic mass is 10.00. The smallest absolute Gasteiger partial charge is 0.0991 e. The topological polar surface area (TPSA) is 46.5 Å². The van der Waals surface area contributed by atoms with Crippen molar-refractivity contribution >= 4 is 107 Å². The Labute approximate surface area is 316 Å². The van der Waals surface area contributed by atoms with Gasteiger partial charge in [-0.2, -0.15) is 5.26 Å². The monoisotopic (exact) mass is 722 g/mol. The molecule has 0 fully saturated rings. The van der Waals surface area contributed by atoms with Crippen LogP contribution in [0.25, 0.3) is 106 Å². The number of aromatic nitrogens is 3. The summed E-state index contributed by atoms with van der Waals surface area (Å²) in [6, 6.07) is 54.4. The molecule has 6 heteroatoms. The van der Waals surface area contributed by atoms with Gasteiger partial charge in [-0.05, 0) is 54.1 Å². The standard InChI is InChI=1S/C48H26N4S2/c49-25-28-10-9-11-29(24-28)44-38(51-36-16-5-1-12-30(36)32-20-22-42-45(47(32)51)34-14-3-7-18-40(34)53-42)26-50-27-39(44)52-37-17-6-2-13-31(37)33-21-23-43-46(48(33)52)35-15-4-8-19-41(35)54-43/h1-24,26-27H. The molecule has 54 heavy (non-hydrogen) atoms. The maximum Gasteiger partial charge on any atom is 0.0991 e. The van der Waals surface area contributed by atoms with Gasteiger partial charge in [-0.25, -0.2) is 0 Å². The molecule has 0 unspecified atom stereocenters. The molecule has 0 aliphatic heterocycles. The van der Waals surface area contributed by atoms with Crippen molar-refractivity contribution in [2.75, 3.05) is 0 Å². The van der Waals surface area contributed by atoms with Gasteiger partial charge in [-0.1, -0.05) is 97.1 Å². The first-order chi connectivity index (χ1) is 26.8. The van der Waals surface area contributed by atoms with Crippen molar-refractivity contribution in [3.05, 3.63) is 164 Å². The maximum absolute atomic E-state index is 10.2. The van der Waals surface area contributed by atoms with Crippen molar-refractivity contribution in [1.29, 1.82) is 5.26 Å². The number of pyridine rings is 1. The molecule has 0 N–H and O–H groups in total. The predicted molar refractivity (Wildman–Crippen MR) is 229 cm³/mol. The number of rotatable bonds is 3. The molecule has 0 spiro atoms. The van der Waals surface area contributed by atoms with E-state index in [0.717, 1.165) is 44.6 Å². The summed E-state index contributed by atoms with van der Waals surface area (Å²) in [6.45, 7) is 0. The van der Waals surface area contributed by atoms with E-state index < -0.39 is 0 Å². The molecule has 0 aliphatic carbocycles. The van der Waals surface area contributed by atoms with Crippen LogP contribution in [0, 0.1) is 11.3 Å². The third-order valence-electron chi connectivity index (χ3n) is 11.0. The Morgan fingerprint density at radius 1 is 0.463 bits per heavy atom. The van der Waals surface area contributed by atoms with Gasteiger partial charge in [0.2, 0.25) is 0 Å². The van der Waals surface area contributed by atoms with Crippen LogP contribution in [0.3, 0.4) is 0 Å². The maximum atomic E-state index is 10.2. The van der Waals surface area contributed by atoms with Crippen molar-refractivity contribution < 1.29 is 0 Å². The summed E-state index contributed by atoms with van der Waals surface area (Å²) >= 11 is 3.67. The lowest BCUT2D eigenvalue weighted by Gasteiger charge is -2.20. The second kappa shape index (κ2) is 11.1. The third-order valence-corrected chi connectivity index (χ3v) is 13.3. The van der Waals surface area contributed by atoms with Crippen LogP contribution in [0.15, 0.2) is 158 Å². The van der Waals surface area contributed by atoms with Gasteiger partial charge in [-0.15, -0.1) is 22.7 Å². The first kappa shape index (κ1) is 29.8. The van der Waals surface area contributed by atoms with Crippen molar-refractivity contribution in [3.63, 3.8) is 0 Å². The van der Waals surface area contributed by atoms with Crippen LogP contribution >= 0.6 is 22.7 Å². The quantitative estimate of drug-likeness (QED) is 0.182. The molecule has 7 aromatic carbocycles. The van der Waals surface area contributed by atoms with Crippen LogP contribution in [0.5, 0.6) is 0 Å². The Balaban J connectivity index is 1.31. The van der Waals surface area contributed by atoms with Crippen LogP contribution < -0.4 is 0 Å². The summed E-state index contributed by atoms with van der Waals surface area (Å²) in [4.78, 5) is 5.11. The molecule has 0 atom stereocenters. The second-order valence-corrected chi connectivity index (χ2v) is 16.0. The minimum absolute atomic E-state index is 0.614. The summed E-state index contributed by atoms with van der Waals surface area (Å²) < 4.78 is 9.89. The number of thiophene rings is 2. The van der Waals surface area contributed by atoms with E-state index >= 15 is 0 Å². The number of benzene rings is 7. The van der Waals surface area contributed by atoms with E-state index in [9.17, 15) is 5.26 Å². The van der Waals surface area contributed by atoms with E-state index in [0.29, 0.717) is 5.56 Å². The second-order valence-electron chi connectivity index (χ2n) is 13.8. The number of hydrogen-bond acceptors (Lipinski definition) is 4. The zero-order valence-electron chi connectivity index (χ0n) is 28.6. The van der Waals surface area contributed by atoms with Crippen molar-refractivity contribution in [2.24, 2.45) is 0 Å². The first-order valence-electron chi connectivity index (χ1n) is 17.9. The minimum Gasteiger partial charge on any atom is -0.306 e. The molecule has 12 aromatic rings. The Morgan fingerprint density at radius 3 is 1.50 bits per heavy atom. The lowest BCUT2D eigenvalue weighted by Crippen LogP contribution is -2.05. The van der Waals surface area contributed by atoms with Gasteiger partial charge in [0.1, 0.15) is 0 Å². The highest BCUT2D eigenvalue weighted by Gasteiger charge is 2.25. The SMILES string of the molecule is N#Cc1cccc(-c2c(-n3c4ccccc4c4ccc5sc6ccccc6c5c43)cncc2-n2c3ccccc3c3ccc4sc5ccccc5c4c32)c1. The fraction of sp³-hybridized carbons (Fsp3) is 0. The van der Waals surface area contributed by atoms with Gasteiger partial charge in [0, 0.05) is 67.5 Å². The van der Waals surface area contributed by atoms with Crippen LogP contribution in [-0.4, -0.2) is 14.1 Å². The van der Waals surface area contributed by atoms with Gasteiger partial charge < -0.3 is 9.13 Å². The zero-order valence-corrected chi connectivity index (χ0v) is 30.2. The molecular weight excluding hydrogens is 697 g/mol. The van der Waals surface area contributed by atoms with E-state index in [-0.39, 0.29) is 0 Å². The van der Waals surface area contributed by atoms with Crippen molar-refractivity contribution in [3.8, 4) is 28.6 Å². The fourth-order valence-electron chi connectivity index (χ4n) is 8.85. The highest BCUT2D eigenvalue weighted by molar-refractivity contribution is 7.26. The van der Waals surface area contributed by atoms with Crippen molar-refractivity contribution in [1.82, 2.24) is 14.1 Å². The average Bonchev–Trinajstić information content (AvgIpc) is 3.98. The summed E-state index contributed by atoms with van der Waals surface area (Å²) in [5.74, 6) is 0. The molecule has 0 bridgehead atoms. The van der Waals surface area contributed by atoms with E-state index in [1.54, 1.807) is 0 Å². The Bertz CT molecular complexity index is 3380. The molecule has 0 aliphatic rings. The van der Waals surface area contributed by atoms with E-state index in [1.807, 2.05) is 53.3 Å². The molecule has 4 nitrogen and oxygen atoms in total. The number of fused-ring (bicyclic) bond motifs is 14. The number of para-hydroxylation sites is 2. The van der Waals surface area contributed by atoms with Crippen LogP contribution in [0.2, 0.25) is 0 Å². The molecule has 0 amide bonds. The van der Waals surface area contributed by atoms with Gasteiger partial charge in [0.15, 0.2) is 0 Å². The van der Waals surface area contributed by atoms with E-state index in [2.05, 4.69) is 143 Å². The molecule has 0 radical (unpaired) electrons. The summed E-state index contributed by atoms with van der Waals surface area (Å²) in [6.07, 6.45) is 4.03. The van der Waals surface area contributed by atoms with Gasteiger partial charge in [0.05, 0.1) is 57.5 Å². The lowest BCUT2D eigenvalue weighted by molar-refractivity contribution is 1.10. The largest absolute Gasteiger partial charge is 0.306 e. The summed E-state index contributed by atoms with van der Waals surface area (Å²) in [5, 5.41) is 20.0. The minimum atomic E-state index is 0.614. The van der Waals surface area contributed by atoms with E-state index in [4.69, 9.17) is 4.98 Å². The summed E-state index contributed by atoms with van der Waals surface area (Å²) in [7, 11) is 0. The summed E-state index contributed by atoms with van der Waals surface area (Å²) in [5.41, 5.74) is 9.06. The highest BCUT2D eigenvalue weighted by atomic mass is 32.1. The van der Waals surface area contributed by atoms with Gasteiger partial charge in [-0.3, -0.25) is 4.98 Å². The molecular formula is C48H26N4S2. The Morgan fingerprint density at radius 2 is 0.963 bits per heavy atom.